The van der Waals surface area contributed by atoms with Crippen LogP contribution in [0, 0.1) is 5.92 Å². The molecule has 11 nitrogen and oxygen atoms in total. The summed E-state index contributed by atoms with van der Waals surface area (Å²) in [4.78, 5) is 29.6. The number of benzene rings is 2. The molecule has 1 aliphatic rings. The van der Waals surface area contributed by atoms with E-state index in [-0.39, 0.29) is 41.6 Å². The number of amides is 3. The van der Waals surface area contributed by atoms with Crippen LogP contribution in [-0.2, 0) is 21.2 Å². The summed E-state index contributed by atoms with van der Waals surface area (Å²) in [5.41, 5.74) is 1.39. The molecule has 42 heavy (non-hydrogen) atoms. The van der Waals surface area contributed by atoms with Gasteiger partial charge in [0, 0.05) is 36.4 Å². The van der Waals surface area contributed by atoms with Crippen LogP contribution in [-0.4, -0.2) is 81.3 Å². The second kappa shape index (κ2) is 13.4. The van der Waals surface area contributed by atoms with E-state index in [1.807, 2.05) is 6.92 Å². The molecule has 3 amide bonds. The van der Waals surface area contributed by atoms with E-state index in [0.29, 0.717) is 35.0 Å². The molecule has 226 valence electrons. The van der Waals surface area contributed by atoms with Gasteiger partial charge in [-0.3, -0.25) is 9.52 Å². The van der Waals surface area contributed by atoms with Gasteiger partial charge in [-0.2, -0.15) is 0 Å². The Morgan fingerprint density at radius 1 is 1.21 bits per heavy atom. The summed E-state index contributed by atoms with van der Waals surface area (Å²) >= 11 is 1.10. The van der Waals surface area contributed by atoms with Gasteiger partial charge < -0.3 is 29.7 Å². The zero-order valence-corrected chi connectivity index (χ0v) is 25.6. The van der Waals surface area contributed by atoms with Crippen LogP contribution in [0.15, 0.2) is 64.2 Å². The Morgan fingerprint density at radius 2 is 1.93 bits per heavy atom. The van der Waals surface area contributed by atoms with E-state index >= 15 is 0 Å². The van der Waals surface area contributed by atoms with Gasteiger partial charge in [-0.1, -0.05) is 13.0 Å². The topological polar surface area (TPSA) is 138 Å². The van der Waals surface area contributed by atoms with Gasteiger partial charge in [-0.25, -0.2) is 13.2 Å². The lowest BCUT2D eigenvalue weighted by Crippen LogP contribution is -2.48. The van der Waals surface area contributed by atoms with Crippen LogP contribution in [0.3, 0.4) is 0 Å². The van der Waals surface area contributed by atoms with Crippen molar-refractivity contribution >= 4 is 44.7 Å². The number of thiophene rings is 1. The highest BCUT2D eigenvalue weighted by Gasteiger charge is 2.32. The zero-order chi connectivity index (χ0) is 30.4. The third-order valence-electron chi connectivity index (χ3n) is 7.07. The standard InChI is InChI=1S/C29H36N4O7S2/c1-19-16-33(20(2)18-34)27(35)15-21-14-23(31-42(37,38)28-6-5-13-41-28)9-12-25(21)40-26(19)17-32(3)29(36)30-22-7-10-24(39-4)11-8-22/h5-14,19-20,26,31,34H,15-18H2,1-4H3,(H,30,36)/t19-,20-,26-/m0/s1. The number of sulfonamides is 1. The monoisotopic (exact) mass is 616 g/mol. The average molecular weight is 617 g/mol. The van der Waals surface area contributed by atoms with Crippen molar-refractivity contribution in [1.82, 2.24) is 9.80 Å². The minimum atomic E-state index is -3.80. The number of ether oxygens (including phenoxy) is 2. The molecule has 2 aromatic carbocycles. The van der Waals surface area contributed by atoms with E-state index in [4.69, 9.17) is 9.47 Å². The van der Waals surface area contributed by atoms with Crippen LogP contribution in [0.25, 0.3) is 0 Å². The van der Waals surface area contributed by atoms with Crippen molar-refractivity contribution in [3.63, 3.8) is 0 Å². The summed E-state index contributed by atoms with van der Waals surface area (Å²) < 4.78 is 40.0. The summed E-state index contributed by atoms with van der Waals surface area (Å²) in [5, 5.41) is 14.4. The number of nitrogens with zero attached hydrogens (tertiary/aromatic N) is 2. The number of methoxy groups -OCH3 is 1. The van der Waals surface area contributed by atoms with Crippen LogP contribution >= 0.6 is 11.3 Å². The Morgan fingerprint density at radius 3 is 2.57 bits per heavy atom. The fourth-order valence-corrected chi connectivity index (χ4v) is 6.62. The number of carbonyl (C=O) groups is 2. The molecule has 0 bridgehead atoms. The molecule has 4 rings (SSSR count). The molecule has 3 aromatic rings. The maximum atomic E-state index is 13.4. The van der Waals surface area contributed by atoms with Crippen molar-refractivity contribution in [2.45, 2.75) is 36.6 Å². The molecule has 0 fully saturated rings. The van der Waals surface area contributed by atoms with E-state index in [1.165, 1.54) is 11.0 Å². The molecule has 3 N–H and O–H groups in total. The normalized spacial score (nSPS) is 18.0. The van der Waals surface area contributed by atoms with Crippen LogP contribution in [0.2, 0.25) is 0 Å². The lowest BCUT2D eigenvalue weighted by Gasteiger charge is -2.34. The van der Waals surface area contributed by atoms with Gasteiger partial charge in [0.2, 0.25) is 5.91 Å². The highest BCUT2D eigenvalue weighted by molar-refractivity contribution is 7.94. The molecule has 0 unspecified atom stereocenters. The summed E-state index contributed by atoms with van der Waals surface area (Å²) in [6, 6.07) is 14.2. The van der Waals surface area contributed by atoms with Crippen LogP contribution < -0.4 is 19.5 Å². The van der Waals surface area contributed by atoms with Crippen LogP contribution in [0.5, 0.6) is 11.5 Å². The number of carbonyl (C=O) groups excluding carboxylic acids is 2. The molecule has 3 atom stereocenters. The number of anilines is 2. The maximum absolute atomic E-state index is 13.4. The molecule has 1 aromatic heterocycles. The molecule has 0 saturated carbocycles. The van der Waals surface area contributed by atoms with Crippen molar-refractivity contribution in [2.75, 3.05) is 43.9 Å². The predicted molar refractivity (Wildman–Crippen MR) is 162 cm³/mol. The number of aliphatic hydroxyl groups excluding tert-OH is 1. The number of rotatable bonds is 9. The number of hydrogen-bond donors (Lipinski definition) is 3. The first-order valence-electron chi connectivity index (χ1n) is 13.4. The van der Waals surface area contributed by atoms with E-state index in [2.05, 4.69) is 10.0 Å². The molecule has 0 spiro atoms. The lowest BCUT2D eigenvalue weighted by molar-refractivity contribution is -0.134. The first kappa shape index (κ1) is 31.1. The van der Waals surface area contributed by atoms with Crippen molar-refractivity contribution < 1.29 is 32.6 Å². The smallest absolute Gasteiger partial charge is 0.321 e. The van der Waals surface area contributed by atoms with Crippen molar-refractivity contribution in [2.24, 2.45) is 5.92 Å². The number of urea groups is 1. The Labute approximate surface area is 250 Å². The second-order valence-corrected chi connectivity index (χ2v) is 13.1. The Kier molecular flexibility index (Phi) is 9.97. The predicted octanol–water partition coefficient (Wildman–Crippen LogP) is 3.87. The highest BCUT2D eigenvalue weighted by Crippen LogP contribution is 2.30. The Bertz CT molecular complexity index is 1480. The third-order valence-corrected chi connectivity index (χ3v) is 9.85. The molecule has 0 saturated heterocycles. The summed E-state index contributed by atoms with van der Waals surface area (Å²) in [7, 11) is -0.571. The molecule has 0 aliphatic carbocycles. The molecular weight excluding hydrogens is 580 g/mol. The third kappa shape index (κ3) is 7.52. The fourth-order valence-electron chi connectivity index (χ4n) is 4.58. The SMILES string of the molecule is COc1ccc(NC(=O)N(C)C[C@@H]2Oc3ccc(NS(=O)(=O)c4cccs4)cc3CC(=O)N([C@@H](C)CO)C[C@@H]2C)cc1. The fraction of sp³-hybridized carbons (Fsp3) is 0.379. The van der Waals surface area contributed by atoms with Gasteiger partial charge in [0.25, 0.3) is 10.0 Å². The van der Waals surface area contributed by atoms with Crippen LogP contribution in [0.1, 0.15) is 19.4 Å². The first-order chi connectivity index (χ1) is 20.0. The molecule has 2 heterocycles. The number of aliphatic hydroxyl groups is 1. The zero-order valence-electron chi connectivity index (χ0n) is 23.9. The molecular formula is C29H36N4O7S2. The van der Waals surface area contributed by atoms with E-state index < -0.39 is 22.2 Å². The molecule has 0 radical (unpaired) electrons. The van der Waals surface area contributed by atoms with Gasteiger partial charge >= 0.3 is 6.03 Å². The van der Waals surface area contributed by atoms with Gasteiger partial charge in [-0.05, 0) is 60.8 Å². The number of fused-ring (bicyclic) bond motifs is 1. The highest BCUT2D eigenvalue weighted by atomic mass is 32.2. The Hall–Kier alpha value is -3.81. The van der Waals surface area contributed by atoms with E-state index in [9.17, 15) is 23.1 Å². The van der Waals surface area contributed by atoms with Crippen molar-refractivity contribution in [3.8, 4) is 11.5 Å². The van der Waals surface area contributed by atoms with Gasteiger partial charge in [-0.15, -0.1) is 11.3 Å². The number of nitrogens with one attached hydrogen (secondary N) is 2. The van der Waals surface area contributed by atoms with E-state index in [1.54, 1.807) is 79.9 Å². The van der Waals surface area contributed by atoms with Crippen molar-refractivity contribution in [3.05, 3.63) is 65.5 Å². The molecule has 1 aliphatic heterocycles. The van der Waals surface area contributed by atoms with E-state index in [0.717, 1.165) is 11.3 Å². The summed E-state index contributed by atoms with van der Waals surface area (Å²) in [6.45, 7) is 3.97. The Balaban J connectivity index is 1.59. The summed E-state index contributed by atoms with van der Waals surface area (Å²) in [6.07, 6.45) is -0.579. The largest absolute Gasteiger partial charge is 0.497 e. The minimum Gasteiger partial charge on any atom is -0.497 e. The first-order valence-corrected chi connectivity index (χ1v) is 15.8. The summed E-state index contributed by atoms with van der Waals surface area (Å²) in [5.74, 6) is 0.646. The number of hydrogen-bond acceptors (Lipinski definition) is 8. The quantitative estimate of drug-likeness (QED) is 0.332. The second-order valence-electron chi connectivity index (χ2n) is 10.3. The average Bonchev–Trinajstić information content (AvgIpc) is 3.53. The maximum Gasteiger partial charge on any atom is 0.321 e. The molecule has 13 heteroatoms. The van der Waals surface area contributed by atoms with Gasteiger partial charge in [0.15, 0.2) is 0 Å². The van der Waals surface area contributed by atoms with Gasteiger partial charge in [0.1, 0.15) is 21.8 Å². The minimum absolute atomic E-state index is 0.0541. The number of likely N-dealkylation sites (N-methyl/N-ethyl adjacent to an activating group) is 1. The lowest BCUT2D eigenvalue weighted by atomic mass is 10.0. The van der Waals surface area contributed by atoms with Gasteiger partial charge in [0.05, 0.1) is 32.7 Å². The van der Waals surface area contributed by atoms with Crippen LogP contribution in [0.4, 0.5) is 16.2 Å². The van der Waals surface area contributed by atoms with Crippen molar-refractivity contribution in [1.29, 1.82) is 0 Å².